The van der Waals surface area contributed by atoms with Gasteiger partial charge in [0, 0.05) is 54.6 Å². The van der Waals surface area contributed by atoms with Crippen LogP contribution in [0.2, 0.25) is 5.02 Å². The van der Waals surface area contributed by atoms with E-state index in [0.29, 0.717) is 42.2 Å². The molecule has 0 radical (unpaired) electrons. The van der Waals surface area contributed by atoms with Crippen molar-refractivity contribution in [2.45, 2.75) is 39.5 Å². The summed E-state index contributed by atoms with van der Waals surface area (Å²) >= 11 is 6.40. The number of likely N-dealkylation sites (N-methyl/N-ethyl adjacent to an activating group) is 1. The van der Waals surface area contributed by atoms with E-state index in [2.05, 4.69) is 22.1 Å². The van der Waals surface area contributed by atoms with Gasteiger partial charge in [0.2, 0.25) is 0 Å². The molecule has 194 valence electrons. The van der Waals surface area contributed by atoms with E-state index >= 15 is 0 Å². The number of anilines is 1. The standard InChI is InChI=1S/C29H33ClN4O3/c1-19(2)34-16-20(3)26(18-33(4)17-22-8-5-6-10-24(22)30)37-27-23(29(34)36)9-7-11-25(27)32-28(35)21-12-14-31-15-13-21/h5-15,19-20,26H,16-18H2,1-4H3,(H,32,35)/t20-,26?/m0/s1. The van der Waals surface area contributed by atoms with Crippen molar-refractivity contribution in [2.24, 2.45) is 5.92 Å². The summed E-state index contributed by atoms with van der Waals surface area (Å²) < 4.78 is 6.60. The maximum atomic E-state index is 13.6. The van der Waals surface area contributed by atoms with E-state index in [1.165, 1.54) is 0 Å². The van der Waals surface area contributed by atoms with Gasteiger partial charge in [-0.05, 0) is 56.8 Å². The van der Waals surface area contributed by atoms with Crippen molar-refractivity contribution in [3.63, 3.8) is 0 Å². The van der Waals surface area contributed by atoms with Gasteiger partial charge in [-0.1, -0.05) is 42.8 Å². The SMILES string of the molecule is CC(C)N1C[C@H](C)C(CN(C)Cc2ccccc2Cl)Oc2c(NC(=O)c3ccncc3)cccc2C1=O. The summed E-state index contributed by atoms with van der Waals surface area (Å²) in [6.07, 6.45) is 2.90. The van der Waals surface area contributed by atoms with Gasteiger partial charge in [-0.2, -0.15) is 0 Å². The molecule has 0 fully saturated rings. The second kappa shape index (κ2) is 11.8. The van der Waals surface area contributed by atoms with E-state index in [1.807, 2.05) is 50.1 Å². The van der Waals surface area contributed by atoms with Gasteiger partial charge in [0.15, 0.2) is 5.75 Å². The Kier molecular flexibility index (Phi) is 8.46. The zero-order valence-corrected chi connectivity index (χ0v) is 22.4. The second-order valence-corrected chi connectivity index (χ2v) is 10.3. The molecule has 3 aromatic rings. The third kappa shape index (κ3) is 6.29. The normalized spacial score (nSPS) is 17.7. The van der Waals surface area contributed by atoms with Gasteiger partial charge in [0.05, 0.1) is 11.3 Å². The minimum Gasteiger partial charge on any atom is -0.486 e. The number of nitrogens with one attached hydrogen (secondary N) is 1. The number of hydrogen-bond acceptors (Lipinski definition) is 5. The second-order valence-electron chi connectivity index (χ2n) is 9.85. The molecular formula is C29H33ClN4O3. The molecule has 7 nitrogen and oxygen atoms in total. The number of benzene rings is 2. The van der Waals surface area contributed by atoms with Crippen LogP contribution in [0.4, 0.5) is 5.69 Å². The average Bonchev–Trinajstić information content (AvgIpc) is 2.88. The molecular weight excluding hydrogens is 488 g/mol. The predicted octanol–water partition coefficient (Wildman–Crippen LogP) is 5.37. The molecule has 0 spiro atoms. The van der Waals surface area contributed by atoms with E-state index in [4.69, 9.17) is 16.3 Å². The quantitative estimate of drug-likeness (QED) is 0.453. The monoisotopic (exact) mass is 520 g/mol. The van der Waals surface area contributed by atoms with Crippen LogP contribution < -0.4 is 10.1 Å². The van der Waals surface area contributed by atoms with Crippen LogP contribution in [0.5, 0.6) is 5.75 Å². The number of amides is 2. The van der Waals surface area contributed by atoms with Crippen molar-refractivity contribution in [1.29, 1.82) is 0 Å². The first-order valence-corrected chi connectivity index (χ1v) is 12.9. The number of rotatable bonds is 7. The van der Waals surface area contributed by atoms with E-state index in [9.17, 15) is 9.59 Å². The Morgan fingerprint density at radius 1 is 1.16 bits per heavy atom. The summed E-state index contributed by atoms with van der Waals surface area (Å²) in [6.45, 7) is 7.96. The van der Waals surface area contributed by atoms with E-state index in [1.54, 1.807) is 42.7 Å². The minimum absolute atomic E-state index is 0.0115. The largest absolute Gasteiger partial charge is 0.486 e. The lowest BCUT2D eigenvalue weighted by atomic mass is 9.99. The van der Waals surface area contributed by atoms with Crippen molar-refractivity contribution in [3.8, 4) is 5.75 Å². The molecule has 2 aromatic carbocycles. The molecule has 37 heavy (non-hydrogen) atoms. The van der Waals surface area contributed by atoms with Gasteiger partial charge in [-0.3, -0.25) is 19.5 Å². The average molecular weight is 521 g/mol. The first kappa shape index (κ1) is 26.6. The molecule has 1 aliphatic rings. The lowest BCUT2D eigenvalue weighted by molar-refractivity contribution is 0.0433. The highest BCUT2D eigenvalue weighted by Crippen LogP contribution is 2.35. The van der Waals surface area contributed by atoms with Crippen molar-refractivity contribution >= 4 is 29.1 Å². The highest BCUT2D eigenvalue weighted by molar-refractivity contribution is 6.31. The number of nitrogens with zero attached hydrogens (tertiary/aromatic N) is 3. The Bertz CT molecular complexity index is 1250. The van der Waals surface area contributed by atoms with Gasteiger partial charge >= 0.3 is 0 Å². The number of hydrogen-bond donors (Lipinski definition) is 1. The van der Waals surface area contributed by atoms with Gasteiger partial charge in [-0.25, -0.2) is 0 Å². The van der Waals surface area contributed by atoms with Gasteiger partial charge in [0.25, 0.3) is 11.8 Å². The highest BCUT2D eigenvalue weighted by atomic mass is 35.5. The fraction of sp³-hybridized carbons (Fsp3) is 0.345. The number of para-hydroxylation sites is 1. The number of aromatic nitrogens is 1. The maximum Gasteiger partial charge on any atom is 0.257 e. The number of carbonyl (C=O) groups excluding carboxylic acids is 2. The summed E-state index contributed by atoms with van der Waals surface area (Å²) in [5, 5.41) is 3.67. The van der Waals surface area contributed by atoms with E-state index in [0.717, 1.165) is 10.6 Å². The number of pyridine rings is 1. The number of fused-ring (bicyclic) bond motifs is 1. The smallest absolute Gasteiger partial charge is 0.257 e. The Morgan fingerprint density at radius 2 is 1.89 bits per heavy atom. The van der Waals surface area contributed by atoms with E-state index < -0.39 is 0 Å². The third-order valence-electron chi connectivity index (χ3n) is 6.60. The first-order valence-electron chi connectivity index (χ1n) is 12.5. The van der Waals surface area contributed by atoms with Crippen LogP contribution in [-0.4, -0.2) is 58.9 Å². The molecule has 1 aliphatic heterocycles. The minimum atomic E-state index is -0.296. The molecule has 1 unspecified atom stereocenters. The fourth-order valence-electron chi connectivity index (χ4n) is 4.51. The Labute approximate surface area is 223 Å². The molecule has 0 saturated heterocycles. The zero-order valence-electron chi connectivity index (χ0n) is 21.6. The molecule has 2 heterocycles. The van der Waals surface area contributed by atoms with Crippen LogP contribution in [0, 0.1) is 5.92 Å². The molecule has 2 atom stereocenters. The molecule has 0 bridgehead atoms. The van der Waals surface area contributed by atoms with Crippen LogP contribution in [0.25, 0.3) is 0 Å². The molecule has 0 saturated carbocycles. The van der Waals surface area contributed by atoms with Crippen molar-refractivity contribution in [1.82, 2.24) is 14.8 Å². The van der Waals surface area contributed by atoms with Crippen LogP contribution >= 0.6 is 11.6 Å². The Hall–Kier alpha value is -3.42. The summed E-state index contributed by atoms with van der Waals surface area (Å²) in [7, 11) is 2.03. The topological polar surface area (TPSA) is 74.8 Å². The zero-order chi connectivity index (χ0) is 26.5. The van der Waals surface area contributed by atoms with Gasteiger partial charge < -0.3 is 15.0 Å². The first-order chi connectivity index (χ1) is 17.7. The highest BCUT2D eigenvalue weighted by Gasteiger charge is 2.34. The Balaban J connectivity index is 1.66. The molecule has 0 aliphatic carbocycles. The molecule has 1 N–H and O–H groups in total. The van der Waals surface area contributed by atoms with Crippen LogP contribution in [-0.2, 0) is 6.54 Å². The summed E-state index contributed by atoms with van der Waals surface area (Å²) in [5.41, 5.74) is 2.41. The van der Waals surface area contributed by atoms with Crippen LogP contribution in [0.1, 0.15) is 47.1 Å². The summed E-state index contributed by atoms with van der Waals surface area (Å²) in [4.78, 5) is 34.6. The van der Waals surface area contributed by atoms with Crippen molar-refractivity contribution < 1.29 is 14.3 Å². The van der Waals surface area contributed by atoms with Crippen molar-refractivity contribution in [2.75, 3.05) is 25.5 Å². The molecule has 8 heteroatoms. The molecule has 2 amide bonds. The van der Waals surface area contributed by atoms with E-state index in [-0.39, 0.29) is 29.9 Å². The summed E-state index contributed by atoms with van der Waals surface area (Å²) in [5.74, 6) is 0.0233. The predicted molar refractivity (Wildman–Crippen MR) is 146 cm³/mol. The van der Waals surface area contributed by atoms with Crippen LogP contribution in [0.15, 0.2) is 67.0 Å². The third-order valence-corrected chi connectivity index (χ3v) is 6.97. The molecule has 4 rings (SSSR count). The number of halogens is 1. The lowest BCUT2D eigenvalue weighted by Gasteiger charge is -2.38. The van der Waals surface area contributed by atoms with Crippen molar-refractivity contribution in [3.05, 3.63) is 88.7 Å². The number of carbonyl (C=O) groups is 2. The van der Waals surface area contributed by atoms with Gasteiger partial charge in [-0.15, -0.1) is 0 Å². The Morgan fingerprint density at radius 3 is 2.59 bits per heavy atom. The maximum absolute atomic E-state index is 13.6. The van der Waals surface area contributed by atoms with Crippen LogP contribution in [0.3, 0.4) is 0 Å². The number of ether oxygens (including phenoxy) is 1. The summed E-state index contributed by atoms with van der Waals surface area (Å²) in [6, 6.07) is 16.4. The lowest BCUT2D eigenvalue weighted by Crippen LogP contribution is -2.48. The fourth-order valence-corrected chi connectivity index (χ4v) is 4.71. The molecule has 1 aromatic heterocycles. The van der Waals surface area contributed by atoms with Gasteiger partial charge in [0.1, 0.15) is 6.10 Å².